The molecule has 2 saturated carbocycles. The van der Waals surface area contributed by atoms with Crippen molar-refractivity contribution in [3.05, 3.63) is 0 Å². The van der Waals surface area contributed by atoms with E-state index in [4.69, 9.17) is 20.7 Å². The van der Waals surface area contributed by atoms with Gasteiger partial charge in [-0.2, -0.15) is 0 Å². The lowest BCUT2D eigenvalue weighted by molar-refractivity contribution is -0.154. The smallest absolute Gasteiger partial charge is 0.342 e. The Balaban J connectivity index is 2.36. The van der Waals surface area contributed by atoms with Crippen molar-refractivity contribution in [1.29, 1.82) is 0 Å². The zero-order valence-electron chi connectivity index (χ0n) is 8.51. The third-order valence-electron chi connectivity index (χ3n) is 3.78. The molecule has 5 atom stereocenters. The van der Waals surface area contributed by atoms with Crippen molar-refractivity contribution >= 4 is 11.9 Å². The first kappa shape index (κ1) is 11.3. The maximum absolute atomic E-state index is 13.9. The van der Waals surface area contributed by atoms with Crippen molar-refractivity contribution in [2.45, 2.75) is 23.7 Å². The summed E-state index contributed by atoms with van der Waals surface area (Å²) < 4.78 is 18.8. The molecule has 7 heteroatoms. The molecule has 0 aliphatic heterocycles. The molecule has 0 aromatic heterocycles. The second-order valence-corrected chi connectivity index (χ2v) is 4.36. The number of halogens is 1. The van der Waals surface area contributed by atoms with Crippen molar-refractivity contribution in [3.63, 3.8) is 0 Å². The van der Waals surface area contributed by atoms with Crippen LogP contribution in [0.5, 0.6) is 0 Å². The molecule has 0 aromatic rings. The Morgan fingerprint density at radius 2 is 2.00 bits per heavy atom. The summed E-state index contributed by atoms with van der Waals surface area (Å²) in [4.78, 5) is 21.8. The zero-order valence-corrected chi connectivity index (χ0v) is 8.51. The number of carboxylic acids is 2. The number of carboxylic acid groups (broad SMARTS) is 2. The Morgan fingerprint density at radius 1 is 1.44 bits per heavy atom. The topological polar surface area (TPSA) is 110 Å². The van der Waals surface area contributed by atoms with Crippen LogP contribution in [0.4, 0.5) is 4.39 Å². The van der Waals surface area contributed by atoms with Crippen LogP contribution in [0.15, 0.2) is 0 Å². The minimum atomic E-state index is -2.51. The molecule has 0 amide bonds. The number of hydrogen-bond acceptors (Lipinski definition) is 4. The predicted octanol–water partition coefficient (Wildman–Crippen LogP) is -0.774. The van der Waals surface area contributed by atoms with Gasteiger partial charge >= 0.3 is 11.9 Å². The minimum absolute atomic E-state index is 0.0206. The average molecular weight is 233 g/mol. The predicted molar refractivity (Wildman–Crippen MR) is 48.4 cm³/mol. The number of alkyl halides is 1. The van der Waals surface area contributed by atoms with Gasteiger partial charge in [0.2, 0.25) is 5.67 Å². The van der Waals surface area contributed by atoms with E-state index in [0.29, 0.717) is 0 Å². The zero-order chi connectivity index (χ0) is 12.3. The van der Waals surface area contributed by atoms with E-state index in [1.807, 2.05) is 0 Å². The first-order valence-corrected chi connectivity index (χ1v) is 4.78. The molecule has 2 rings (SSSR count). The third-order valence-corrected chi connectivity index (χ3v) is 3.78. The van der Waals surface area contributed by atoms with E-state index in [9.17, 15) is 14.0 Å². The number of carbonyl (C=O) groups is 2. The fraction of sp³-hybridized carbons (Fsp3) is 0.778. The Morgan fingerprint density at radius 3 is 2.38 bits per heavy atom. The van der Waals surface area contributed by atoms with Gasteiger partial charge in [-0.1, -0.05) is 0 Å². The van der Waals surface area contributed by atoms with Crippen LogP contribution in [0, 0.1) is 11.8 Å². The standard InChI is InChI=1S/C9H12FNO5/c1-16-4-2-3-5(8(3,10)6(12)13)9(4,11)7(14)15/h3-5H,2,11H2,1H3,(H,12,13)(H,14,15)/t3?,4?,5?,8-,9+/m1/s1. The molecule has 16 heavy (non-hydrogen) atoms. The molecule has 0 heterocycles. The van der Waals surface area contributed by atoms with Crippen LogP contribution < -0.4 is 5.73 Å². The van der Waals surface area contributed by atoms with E-state index in [1.54, 1.807) is 0 Å². The Kier molecular flexibility index (Phi) is 2.06. The highest BCUT2D eigenvalue weighted by molar-refractivity contribution is 5.90. The summed E-state index contributed by atoms with van der Waals surface area (Å²) in [6, 6.07) is 0. The fourth-order valence-electron chi connectivity index (χ4n) is 2.89. The SMILES string of the molecule is COC1CC2C([C@]1(N)C(=O)O)[C@@]2(F)C(=O)O. The first-order valence-electron chi connectivity index (χ1n) is 4.78. The summed E-state index contributed by atoms with van der Waals surface area (Å²) in [5.41, 5.74) is 1.16. The van der Waals surface area contributed by atoms with Gasteiger partial charge in [0.1, 0.15) is 5.54 Å². The van der Waals surface area contributed by atoms with E-state index < -0.39 is 41.1 Å². The largest absolute Gasteiger partial charge is 0.480 e. The maximum atomic E-state index is 13.9. The van der Waals surface area contributed by atoms with Crippen molar-refractivity contribution in [2.24, 2.45) is 17.6 Å². The third kappa shape index (κ3) is 0.971. The van der Waals surface area contributed by atoms with E-state index in [-0.39, 0.29) is 6.42 Å². The van der Waals surface area contributed by atoms with Gasteiger partial charge < -0.3 is 20.7 Å². The molecule has 4 N–H and O–H groups in total. The summed E-state index contributed by atoms with van der Waals surface area (Å²) in [5, 5.41) is 17.7. The quantitative estimate of drug-likeness (QED) is 0.590. The van der Waals surface area contributed by atoms with Crippen LogP contribution in [-0.4, -0.2) is 46.6 Å². The summed E-state index contributed by atoms with van der Waals surface area (Å²) in [6.07, 6.45) is -0.824. The van der Waals surface area contributed by atoms with Gasteiger partial charge in [-0.15, -0.1) is 0 Å². The van der Waals surface area contributed by atoms with Gasteiger partial charge in [0.15, 0.2) is 0 Å². The molecule has 2 fully saturated rings. The van der Waals surface area contributed by atoms with E-state index in [2.05, 4.69) is 0 Å². The molecule has 3 unspecified atom stereocenters. The van der Waals surface area contributed by atoms with Crippen LogP contribution in [0.2, 0.25) is 0 Å². The van der Waals surface area contributed by atoms with Gasteiger partial charge in [-0.05, 0) is 6.42 Å². The Hall–Kier alpha value is -1.21. The molecule has 2 aliphatic rings. The Labute approximate surface area is 90.2 Å². The van der Waals surface area contributed by atoms with Gasteiger partial charge in [-0.25, -0.2) is 9.18 Å². The first-order chi connectivity index (χ1) is 7.31. The molecular weight excluding hydrogens is 221 g/mol. The van der Waals surface area contributed by atoms with Gasteiger partial charge in [0.25, 0.3) is 0 Å². The molecule has 0 spiro atoms. The van der Waals surface area contributed by atoms with Crippen LogP contribution >= 0.6 is 0 Å². The second-order valence-electron chi connectivity index (χ2n) is 4.36. The molecule has 0 radical (unpaired) electrons. The number of ether oxygens (including phenoxy) is 1. The maximum Gasteiger partial charge on any atom is 0.342 e. The molecule has 6 nitrogen and oxygen atoms in total. The summed E-state index contributed by atoms with van der Waals surface area (Å²) >= 11 is 0. The Bertz CT molecular complexity index is 375. The van der Waals surface area contributed by atoms with Gasteiger partial charge in [-0.3, -0.25) is 4.79 Å². The van der Waals surface area contributed by atoms with Crippen molar-refractivity contribution in [3.8, 4) is 0 Å². The van der Waals surface area contributed by atoms with Crippen LogP contribution in [0.3, 0.4) is 0 Å². The highest BCUT2D eigenvalue weighted by Crippen LogP contribution is 2.66. The lowest BCUT2D eigenvalue weighted by Gasteiger charge is -2.30. The average Bonchev–Trinajstić information content (AvgIpc) is 2.65. The molecule has 0 aromatic carbocycles. The summed E-state index contributed by atoms with van der Waals surface area (Å²) in [5.74, 6) is -5.14. The lowest BCUT2D eigenvalue weighted by atomic mass is 9.88. The molecular formula is C9H12FNO5. The second kappa shape index (κ2) is 2.92. The molecule has 0 bridgehead atoms. The number of rotatable bonds is 3. The monoisotopic (exact) mass is 233 g/mol. The van der Waals surface area contributed by atoms with Crippen LogP contribution in [0.25, 0.3) is 0 Å². The van der Waals surface area contributed by atoms with Crippen LogP contribution in [0.1, 0.15) is 6.42 Å². The normalized spacial score (nSPS) is 49.8. The van der Waals surface area contributed by atoms with Gasteiger partial charge in [0, 0.05) is 18.9 Å². The number of nitrogens with two attached hydrogens (primary N) is 1. The number of aliphatic carboxylic acids is 2. The lowest BCUT2D eigenvalue weighted by Crippen LogP contribution is -2.60. The number of hydrogen-bond donors (Lipinski definition) is 3. The number of methoxy groups -OCH3 is 1. The van der Waals surface area contributed by atoms with Gasteiger partial charge in [0.05, 0.1) is 6.10 Å². The molecule has 2 aliphatic carbocycles. The van der Waals surface area contributed by atoms with Crippen LogP contribution in [-0.2, 0) is 14.3 Å². The van der Waals surface area contributed by atoms with Crippen molar-refractivity contribution < 1.29 is 28.9 Å². The fourth-order valence-corrected chi connectivity index (χ4v) is 2.89. The van der Waals surface area contributed by atoms with E-state index >= 15 is 0 Å². The van der Waals surface area contributed by atoms with E-state index in [0.717, 1.165) is 0 Å². The highest BCUT2D eigenvalue weighted by Gasteiger charge is 2.85. The van der Waals surface area contributed by atoms with Crippen molar-refractivity contribution in [2.75, 3.05) is 7.11 Å². The minimum Gasteiger partial charge on any atom is -0.480 e. The van der Waals surface area contributed by atoms with E-state index in [1.165, 1.54) is 7.11 Å². The summed E-state index contributed by atoms with van der Waals surface area (Å²) in [7, 11) is 1.28. The highest BCUT2D eigenvalue weighted by atomic mass is 19.1. The van der Waals surface area contributed by atoms with Crippen molar-refractivity contribution in [1.82, 2.24) is 0 Å². The number of fused-ring (bicyclic) bond motifs is 1. The summed E-state index contributed by atoms with van der Waals surface area (Å²) in [6.45, 7) is 0. The molecule has 0 saturated heterocycles. The molecule has 90 valence electrons.